The molecule has 2 amide bonds. The van der Waals surface area contributed by atoms with Crippen LogP contribution in [0.3, 0.4) is 0 Å². The number of rotatable bonds is 10. The summed E-state index contributed by atoms with van der Waals surface area (Å²) in [7, 11) is 1.49. The second kappa shape index (κ2) is 10.6. The number of anilines is 1. The molecular formula is C22H21N5O6. The lowest BCUT2D eigenvalue weighted by Crippen LogP contribution is -2.18. The van der Waals surface area contributed by atoms with Gasteiger partial charge in [-0.25, -0.2) is 9.48 Å². The number of carbonyl (C=O) groups excluding carboxylic acids is 2. The number of para-hydroxylation sites is 1. The fourth-order valence-electron chi connectivity index (χ4n) is 2.83. The SMILES string of the molecule is COc1ccc(/C=C/C(=O)Nc2ccccc2C(=O)O)cc1OCc1cn(CC(N)=O)nn1. The number of carboxylic acid groups (broad SMARTS) is 1. The standard InChI is InChI=1S/C22H21N5O6/c1-32-18-8-6-14(7-9-21(29)24-17-5-3-2-4-16(17)22(30)31)10-19(18)33-13-15-11-27(26-25-15)12-20(23)28/h2-11H,12-13H2,1H3,(H2,23,28)(H,24,29)(H,30,31)/b9-7+. The number of aromatic carboxylic acids is 1. The van der Waals surface area contributed by atoms with Crippen LogP contribution in [-0.2, 0) is 22.7 Å². The van der Waals surface area contributed by atoms with Gasteiger partial charge in [0.25, 0.3) is 0 Å². The van der Waals surface area contributed by atoms with E-state index in [1.807, 2.05) is 0 Å². The molecule has 0 aliphatic rings. The van der Waals surface area contributed by atoms with Crippen molar-refractivity contribution in [3.8, 4) is 11.5 Å². The van der Waals surface area contributed by atoms with Crippen molar-refractivity contribution in [2.75, 3.05) is 12.4 Å². The number of hydrogen-bond donors (Lipinski definition) is 3. The van der Waals surface area contributed by atoms with E-state index in [4.69, 9.17) is 15.2 Å². The van der Waals surface area contributed by atoms with Crippen molar-refractivity contribution >= 4 is 29.5 Å². The first-order valence-corrected chi connectivity index (χ1v) is 9.65. The summed E-state index contributed by atoms with van der Waals surface area (Å²) in [4.78, 5) is 34.5. The Balaban J connectivity index is 1.68. The molecule has 0 saturated heterocycles. The van der Waals surface area contributed by atoms with Gasteiger partial charge in [-0.1, -0.05) is 23.4 Å². The van der Waals surface area contributed by atoms with Crippen molar-refractivity contribution in [2.24, 2.45) is 5.73 Å². The largest absolute Gasteiger partial charge is 0.493 e. The second-order valence-electron chi connectivity index (χ2n) is 6.75. The number of amides is 2. The molecular weight excluding hydrogens is 430 g/mol. The highest BCUT2D eigenvalue weighted by molar-refractivity contribution is 6.06. The number of aromatic nitrogens is 3. The number of methoxy groups -OCH3 is 1. The van der Waals surface area contributed by atoms with E-state index in [1.165, 1.54) is 30.0 Å². The van der Waals surface area contributed by atoms with Crippen LogP contribution >= 0.6 is 0 Å². The van der Waals surface area contributed by atoms with Crippen molar-refractivity contribution in [1.82, 2.24) is 15.0 Å². The molecule has 0 radical (unpaired) electrons. The smallest absolute Gasteiger partial charge is 0.337 e. The monoisotopic (exact) mass is 451 g/mol. The third kappa shape index (κ3) is 6.40. The van der Waals surface area contributed by atoms with E-state index in [1.54, 1.807) is 42.6 Å². The Labute approximate surface area is 188 Å². The Morgan fingerprint density at radius 3 is 2.70 bits per heavy atom. The first kappa shape index (κ1) is 23.0. The van der Waals surface area contributed by atoms with E-state index in [-0.39, 0.29) is 24.4 Å². The molecule has 170 valence electrons. The molecule has 0 unspecified atom stereocenters. The lowest BCUT2D eigenvalue weighted by Gasteiger charge is -2.10. The van der Waals surface area contributed by atoms with Gasteiger partial charge in [-0.2, -0.15) is 0 Å². The fraction of sp³-hybridized carbons (Fsp3) is 0.136. The molecule has 1 heterocycles. The normalized spacial score (nSPS) is 10.7. The molecule has 33 heavy (non-hydrogen) atoms. The number of nitrogens with one attached hydrogen (secondary N) is 1. The van der Waals surface area contributed by atoms with Crippen molar-refractivity contribution in [3.63, 3.8) is 0 Å². The number of nitrogens with two attached hydrogens (primary N) is 1. The Hall–Kier alpha value is -4.67. The van der Waals surface area contributed by atoms with Crippen LogP contribution in [0.25, 0.3) is 6.08 Å². The van der Waals surface area contributed by atoms with Crippen LogP contribution in [0.4, 0.5) is 5.69 Å². The summed E-state index contributed by atoms with van der Waals surface area (Å²) < 4.78 is 12.4. The van der Waals surface area contributed by atoms with Gasteiger partial charge in [0.05, 0.1) is 24.6 Å². The number of benzene rings is 2. The topological polar surface area (TPSA) is 159 Å². The molecule has 0 saturated carbocycles. The van der Waals surface area contributed by atoms with Crippen LogP contribution in [0, 0.1) is 0 Å². The highest BCUT2D eigenvalue weighted by atomic mass is 16.5. The Kier molecular flexibility index (Phi) is 7.37. The molecule has 1 aromatic heterocycles. The lowest BCUT2D eigenvalue weighted by molar-refractivity contribution is -0.118. The fourth-order valence-corrected chi connectivity index (χ4v) is 2.83. The average Bonchev–Trinajstić information content (AvgIpc) is 3.23. The van der Waals surface area contributed by atoms with Crippen molar-refractivity contribution < 1.29 is 29.0 Å². The van der Waals surface area contributed by atoms with Gasteiger partial charge in [-0.05, 0) is 35.9 Å². The number of primary amides is 1. The second-order valence-corrected chi connectivity index (χ2v) is 6.75. The number of carbonyl (C=O) groups is 3. The average molecular weight is 451 g/mol. The van der Waals surface area contributed by atoms with Gasteiger partial charge in [0.2, 0.25) is 11.8 Å². The lowest BCUT2D eigenvalue weighted by atomic mass is 10.1. The minimum Gasteiger partial charge on any atom is -0.493 e. The number of hydrogen-bond acceptors (Lipinski definition) is 7. The molecule has 3 rings (SSSR count). The number of ether oxygens (including phenoxy) is 2. The maximum Gasteiger partial charge on any atom is 0.337 e. The van der Waals surface area contributed by atoms with Gasteiger partial charge in [0.15, 0.2) is 11.5 Å². The van der Waals surface area contributed by atoms with Crippen molar-refractivity contribution in [3.05, 3.63) is 71.6 Å². The van der Waals surface area contributed by atoms with Gasteiger partial charge < -0.3 is 25.6 Å². The molecule has 0 aliphatic carbocycles. The highest BCUT2D eigenvalue weighted by Gasteiger charge is 2.11. The molecule has 11 heteroatoms. The molecule has 3 aromatic rings. The number of carboxylic acids is 1. The van der Waals surface area contributed by atoms with E-state index in [0.717, 1.165) is 0 Å². The maximum atomic E-state index is 12.3. The predicted octanol–water partition coefficient (Wildman–Crippen LogP) is 1.70. The van der Waals surface area contributed by atoms with E-state index >= 15 is 0 Å². The van der Waals surface area contributed by atoms with Gasteiger partial charge in [0.1, 0.15) is 18.8 Å². The zero-order valence-electron chi connectivity index (χ0n) is 17.6. The van der Waals surface area contributed by atoms with Crippen LogP contribution in [0.15, 0.2) is 54.7 Å². The third-order valence-corrected chi connectivity index (χ3v) is 4.31. The molecule has 2 aromatic carbocycles. The zero-order chi connectivity index (χ0) is 23.8. The van der Waals surface area contributed by atoms with Crippen molar-refractivity contribution in [2.45, 2.75) is 13.2 Å². The molecule has 0 aliphatic heterocycles. The minimum atomic E-state index is -1.14. The predicted molar refractivity (Wildman–Crippen MR) is 118 cm³/mol. The van der Waals surface area contributed by atoms with Crippen LogP contribution in [-0.4, -0.2) is 45.0 Å². The summed E-state index contributed by atoms with van der Waals surface area (Å²) >= 11 is 0. The summed E-state index contributed by atoms with van der Waals surface area (Å²) in [6.07, 6.45) is 4.37. The van der Waals surface area contributed by atoms with Gasteiger partial charge >= 0.3 is 5.97 Å². The van der Waals surface area contributed by atoms with Gasteiger partial charge in [-0.15, -0.1) is 5.10 Å². The van der Waals surface area contributed by atoms with Gasteiger partial charge in [0, 0.05) is 6.08 Å². The van der Waals surface area contributed by atoms with Crippen LogP contribution in [0.5, 0.6) is 11.5 Å². The van der Waals surface area contributed by atoms with Gasteiger partial charge in [-0.3, -0.25) is 9.59 Å². The Bertz CT molecular complexity index is 1200. The molecule has 0 atom stereocenters. The third-order valence-electron chi connectivity index (χ3n) is 4.31. The van der Waals surface area contributed by atoms with E-state index < -0.39 is 17.8 Å². The molecule has 0 bridgehead atoms. The molecule has 0 fully saturated rings. The van der Waals surface area contributed by atoms with Crippen LogP contribution in [0.2, 0.25) is 0 Å². The van der Waals surface area contributed by atoms with Crippen molar-refractivity contribution in [1.29, 1.82) is 0 Å². The van der Waals surface area contributed by atoms with E-state index in [2.05, 4.69) is 15.6 Å². The Morgan fingerprint density at radius 1 is 1.18 bits per heavy atom. The summed E-state index contributed by atoms with van der Waals surface area (Å²) in [5.41, 5.74) is 6.45. The molecule has 11 nitrogen and oxygen atoms in total. The number of nitrogens with zero attached hydrogens (tertiary/aromatic N) is 3. The first-order chi connectivity index (χ1) is 15.9. The van der Waals surface area contributed by atoms with Crippen LogP contribution in [0.1, 0.15) is 21.6 Å². The zero-order valence-corrected chi connectivity index (χ0v) is 17.6. The highest BCUT2D eigenvalue weighted by Crippen LogP contribution is 2.29. The molecule has 0 spiro atoms. The Morgan fingerprint density at radius 2 is 1.97 bits per heavy atom. The summed E-state index contributed by atoms with van der Waals surface area (Å²) in [6.45, 7) is -0.0235. The quantitative estimate of drug-likeness (QED) is 0.393. The summed E-state index contributed by atoms with van der Waals surface area (Å²) in [5, 5.41) is 19.5. The molecule has 4 N–H and O–H groups in total. The summed E-state index contributed by atoms with van der Waals surface area (Å²) in [6, 6.07) is 11.2. The first-order valence-electron chi connectivity index (χ1n) is 9.65. The minimum absolute atomic E-state index is 0.00727. The van der Waals surface area contributed by atoms with E-state index in [0.29, 0.717) is 22.8 Å². The van der Waals surface area contributed by atoms with Crippen LogP contribution < -0.4 is 20.5 Å². The summed E-state index contributed by atoms with van der Waals surface area (Å²) in [5.74, 6) is -1.30. The van der Waals surface area contributed by atoms with E-state index in [9.17, 15) is 19.5 Å². The maximum absolute atomic E-state index is 12.3.